The van der Waals surface area contributed by atoms with Gasteiger partial charge in [-0.2, -0.15) is 0 Å². The largest absolute Gasteiger partial charge is 0.348 e. The van der Waals surface area contributed by atoms with Crippen molar-refractivity contribution in [3.8, 4) is 0 Å². The van der Waals surface area contributed by atoms with Crippen LogP contribution >= 0.6 is 0 Å². The van der Waals surface area contributed by atoms with E-state index in [-0.39, 0.29) is 11.3 Å². The molecule has 1 aliphatic rings. The normalized spacial score (nSPS) is 16.4. The van der Waals surface area contributed by atoms with E-state index < -0.39 is 0 Å². The SMILES string of the molecule is CN(C)C(=O)C1(CCCN)Cc2ccccc2C1. The van der Waals surface area contributed by atoms with Crippen LogP contribution in [-0.4, -0.2) is 31.4 Å². The van der Waals surface area contributed by atoms with Crippen LogP contribution in [0.25, 0.3) is 0 Å². The molecule has 1 aromatic rings. The first kappa shape index (κ1) is 13.1. The first-order valence-corrected chi connectivity index (χ1v) is 6.58. The van der Waals surface area contributed by atoms with Crippen molar-refractivity contribution in [1.82, 2.24) is 4.90 Å². The Morgan fingerprint density at radius 3 is 2.28 bits per heavy atom. The zero-order valence-electron chi connectivity index (χ0n) is 11.3. The third kappa shape index (κ3) is 2.27. The minimum Gasteiger partial charge on any atom is -0.348 e. The fraction of sp³-hybridized carbons (Fsp3) is 0.533. The summed E-state index contributed by atoms with van der Waals surface area (Å²) in [5.41, 5.74) is 8.01. The average Bonchev–Trinajstić information content (AvgIpc) is 2.74. The Balaban J connectivity index is 2.27. The molecule has 0 atom stereocenters. The number of nitrogens with two attached hydrogens (primary N) is 1. The highest BCUT2D eigenvalue weighted by Crippen LogP contribution is 2.41. The van der Waals surface area contributed by atoms with Crippen LogP contribution in [0.4, 0.5) is 0 Å². The van der Waals surface area contributed by atoms with Gasteiger partial charge in [-0.25, -0.2) is 0 Å². The molecule has 0 saturated carbocycles. The highest BCUT2D eigenvalue weighted by atomic mass is 16.2. The molecule has 0 aliphatic heterocycles. The van der Waals surface area contributed by atoms with E-state index in [0.717, 1.165) is 25.7 Å². The molecule has 3 nitrogen and oxygen atoms in total. The van der Waals surface area contributed by atoms with E-state index in [1.165, 1.54) is 11.1 Å². The van der Waals surface area contributed by atoms with E-state index >= 15 is 0 Å². The van der Waals surface area contributed by atoms with Crippen molar-refractivity contribution < 1.29 is 4.79 Å². The van der Waals surface area contributed by atoms with Gasteiger partial charge >= 0.3 is 0 Å². The van der Waals surface area contributed by atoms with Crippen LogP contribution in [0.2, 0.25) is 0 Å². The van der Waals surface area contributed by atoms with E-state index in [2.05, 4.69) is 24.3 Å². The second-order valence-electron chi connectivity index (χ2n) is 5.49. The number of fused-ring (bicyclic) bond motifs is 1. The van der Waals surface area contributed by atoms with Gasteiger partial charge < -0.3 is 10.6 Å². The van der Waals surface area contributed by atoms with Gasteiger partial charge in [0.15, 0.2) is 0 Å². The van der Waals surface area contributed by atoms with E-state index in [1.54, 1.807) is 4.90 Å². The summed E-state index contributed by atoms with van der Waals surface area (Å²) in [6, 6.07) is 8.39. The van der Waals surface area contributed by atoms with Crippen molar-refractivity contribution in [2.45, 2.75) is 25.7 Å². The van der Waals surface area contributed by atoms with Crippen molar-refractivity contribution in [2.24, 2.45) is 11.1 Å². The van der Waals surface area contributed by atoms with E-state index in [9.17, 15) is 4.79 Å². The van der Waals surface area contributed by atoms with Crippen LogP contribution in [0.5, 0.6) is 0 Å². The standard InChI is InChI=1S/C15H22N2O/c1-17(2)14(18)15(8-5-9-16)10-12-6-3-4-7-13(12)11-15/h3-4,6-7H,5,8-11,16H2,1-2H3. The number of hydrogen-bond donors (Lipinski definition) is 1. The molecular weight excluding hydrogens is 224 g/mol. The van der Waals surface area contributed by atoms with Gasteiger partial charge in [0.05, 0.1) is 5.41 Å². The number of rotatable bonds is 4. The van der Waals surface area contributed by atoms with Crippen molar-refractivity contribution in [1.29, 1.82) is 0 Å². The summed E-state index contributed by atoms with van der Waals surface area (Å²) in [5.74, 6) is 0.243. The molecule has 0 aromatic heterocycles. The third-order valence-electron chi connectivity index (χ3n) is 3.90. The van der Waals surface area contributed by atoms with Crippen LogP contribution in [0, 0.1) is 5.41 Å². The van der Waals surface area contributed by atoms with Gasteiger partial charge in [-0.15, -0.1) is 0 Å². The third-order valence-corrected chi connectivity index (χ3v) is 3.90. The highest BCUT2D eigenvalue weighted by Gasteiger charge is 2.43. The summed E-state index contributed by atoms with van der Waals surface area (Å²) in [6.07, 6.45) is 3.52. The lowest BCUT2D eigenvalue weighted by atomic mass is 9.79. The van der Waals surface area contributed by atoms with Gasteiger partial charge in [0.1, 0.15) is 0 Å². The smallest absolute Gasteiger partial charge is 0.228 e. The molecule has 1 aromatic carbocycles. The predicted octanol–water partition coefficient (Wildman–Crippen LogP) is 1.60. The zero-order chi connectivity index (χ0) is 13.2. The Bertz CT molecular complexity index is 415. The average molecular weight is 246 g/mol. The van der Waals surface area contributed by atoms with Crippen molar-refractivity contribution >= 4 is 5.91 Å². The fourth-order valence-corrected chi connectivity index (χ4v) is 3.04. The summed E-state index contributed by atoms with van der Waals surface area (Å²) < 4.78 is 0. The van der Waals surface area contributed by atoms with Crippen molar-refractivity contribution in [3.05, 3.63) is 35.4 Å². The minimum absolute atomic E-state index is 0.243. The van der Waals surface area contributed by atoms with E-state index in [0.29, 0.717) is 6.54 Å². The molecule has 2 N–H and O–H groups in total. The maximum atomic E-state index is 12.5. The van der Waals surface area contributed by atoms with Crippen LogP contribution in [0.1, 0.15) is 24.0 Å². The van der Waals surface area contributed by atoms with Gasteiger partial charge in [0.25, 0.3) is 0 Å². The van der Waals surface area contributed by atoms with Crippen molar-refractivity contribution in [2.75, 3.05) is 20.6 Å². The summed E-state index contributed by atoms with van der Waals surface area (Å²) >= 11 is 0. The van der Waals surface area contributed by atoms with Crippen LogP contribution < -0.4 is 5.73 Å². The first-order valence-electron chi connectivity index (χ1n) is 6.58. The maximum Gasteiger partial charge on any atom is 0.228 e. The Labute approximate surface area is 109 Å². The minimum atomic E-state index is -0.257. The van der Waals surface area contributed by atoms with Crippen molar-refractivity contribution in [3.63, 3.8) is 0 Å². The van der Waals surface area contributed by atoms with Gasteiger partial charge in [0, 0.05) is 14.1 Å². The lowest BCUT2D eigenvalue weighted by Crippen LogP contribution is -2.41. The lowest BCUT2D eigenvalue weighted by Gasteiger charge is -2.30. The molecule has 98 valence electrons. The fourth-order valence-electron chi connectivity index (χ4n) is 3.04. The second kappa shape index (κ2) is 5.11. The number of amides is 1. The predicted molar refractivity (Wildman–Crippen MR) is 73.3 cm³/mol. The first-order chi connectivity index (χ1) is 8.59. The van der Waals surface area contributed by atoms with Gasteiger partial charge in [-0.05, 0) is 43.4 Å². The summed E-state index contributed by atoms with van der Waals surface area (Å²) in [4.78, 5) is 14.3. The molecular formula is C15H22N2O. The topological polar surface area (TPSA) is 46.3 Å². The Hall–Kier alpha value is -1.35. The molecule has 0 spiro atoms. The number of carbonyl (C=O) groups excluding carboxylic acids is 1. The lowest BCUT2D eigenvalue weighted by molar-refractivity contribution is -0.139. The molecule has 0 bridgehead atoms. The molecule has 1 amide bonds. The zero-order valence-corrected chi connectivity index (χ0v) is 11.3. The Kier molecular flexibility index (Phi) is 3.71. The number of nitrogens with zero attached hydrogens (tertiary/aromatic N) is 1. The second-order valence-corrected chi connectivity index (χ2v) is 5.49. The van der Waals surface area contributed by atoms with Crippen LogP contribution in [-0.2, 0) is 17.6 Å². The van der Waals surface area contributed by atoms with Crippen LogP contribution in [0.3, 0.4) is 0 Å². The molecule has 0 unspecified atom stereocenters. The number of benzene rings is 1. The van der Waals surface area contributed by atoms with E-state index in [1.807, 2.05) is 14.1 Å². The molecule has 0 fully saturated rings. The Morgan fingerprint density at radius 2 is 1.83 bits per heavy atom. The highest BCUT2D eigenvalue weighted by molar-refractivity contribution is 5.84. The number of hydrogen-bond acceptors (Lipinski definition) is 2. The van der Waals surface area contributed by atoms with E-state index in [4.69, 9.17) is 5.73 Å². The molecule has 0 heterocycles. The maximum absolute atomic E-state index is 12.5. The van der Waals surface area contributed by atoms with Gasteiger partial charge in [-0.1, -0.05) is 24.3 Å². The summed E-state index contributed by atoms with van der Waals surface area (Å²) in [6.45, 7) is 0.652. The van der Waals surface area contributed by atoms with Gasteiger partial charge in [-0.3, -0.25) is 4.79 Å². The summed E-state index contributed by atoms with van der Waals surface area (Å²) in [5, 5.41) is 0. The monoisotopic (exact) mass is 246 g/mol. The quantitative estimate of drug-likeness (QED) is 0.877. The molecule has 3 heteroatoms. The molecule has 18 heavy (non-hydrogen) atoms. The summed E-state index contributed by atoms with van der Waals surface area (Å²) in [7, 11) is 3.69. The van der Waals surface area contributed by atoms with Crippen LogP contribution in [0.15, 0.2) is 24.3 Å². The molecule has 2 rings (SSSR count). The number of carbonyl (C=O) groups is 1. The molecule has 1 aliphatic carbocycles. The van der Waals surface area contributed by atoms with Gasteiger partial charge in [0.2, 0.25) is 5.91 Å². The molecule has 0 radical (unpaired) electrons. The molecule has 0 saturated heterocycles. The Morgan fingerprint density at radius 1 is 1.28 bits per heavy atom.